The van der Waals surface area contributed by atoms with Crippen molar-refractivity contribution in [2.24, 2.45) is 0 Å². The van der Waals surface area contributed by atoms with E-state index in [9.17, 15) is 0 Å². The highest BCUT2D eigenvalue weighted by atomic mass is 35.5. The normalized spacial score (nSPS) is 10.4. The number of anilines is 1. The molecule has 168 valence electrons. The van der Waals surface area contributed by atoms with Crippen molar-refractivity contribution < 1.29 is 14.6 Å². The van der Waals surface area contributed by atoms with Gasteiger partial charge in [-0.25, -0.2) is 4.98 Å². The Kier molecular flexibility index (Phi) is 8.36. The fourth-order valence-corrected chi connectivity index (χ4v) is 3.44. The summed E-state index contributed by atoms with van der Waals surface area (Å²) < 4.78 is 12.9. The van der Waals surface area contributed by atoms with Crippen LogP contribution in [0.15, 0.2) is 66.7 Å². The minimum Gasteiger partial charge on any atom is -0.493 e. The van der Waals surface area contributed by atoms with Crippen LogP contribution in [-0.4, -0.2) is 35.5 Å². The number of rotatable bonds is 7. The highest BCUT2D eigenvalue weighted by molar-refractivity contribution is 6.30. The Labute approximate surface area is 193 Å². The molecule has 0 saturated carbocycles. The van der Waals surface area contributed by atoms with Gasteiger partial charge in [-0.3, -0.25) is 0 Å². The fourth-order valence-electron chi connectivity index (χ4n) is 3.31. The molecule has 0 bridgehead atoms. The van der Waals surface area contributed by atoms with E-state index in [-0.39, 0.29) is 6.61 Å². The Morgan fingerprint density at radius 1 is 0.938 bits per heavy atom. The number of imidazole rings is 1. The van der Waals surface area contributed by atoms with Gasteiger partial charge < -0.3 is 24.5 Å². The van der Waals surface area contributed by atoms with Gasteiger partial charge in [0, 0.05) is 18.2 Å². The second-order valence-electron chi connectivity index (χ2n) is 7.00. The lowest BCUT2D eigenvalue weighted by atomic mass is 10.2. The van der Waals surface area contributed by atoms with Gasteiger partial charge in [0.2, 0.25) is 5.95 Å². The zero-order chi connectivity index (χ0) is 22.9. The third kappa shape index (κ3) is 5.72. The summed E-state index contributed by atoms with van der Waals surface area (Å²) in [7, 11) is 3.27. The average molecular weight is 454 g/mol. The first-order valence-electron chi connectivity index (χ1n) is 10.3. The number of ether oxygens (including phenoxy) is 2. The van der Waals surface area contributed by atoms with Crippen LogP contribution in [0.3, 0.4) is 0 Å². The highest BCUT2D eigenvalue weighted by Crippen LogP contribution is 2.28. The third-order valence-electron chi connectivity index (χ3n) is 4.81. The first-order valence-corrected chi connectivity index (χ1v) is 10.7. The lowest BCUT2D eigenvalue weighted by molar-refractivity contribution is 0.318. The molecule has 0 radical (unpaired) electrons. The Balaban J connectivity index is 0.000000913. The van der Waals surface area contributed by atoms with Crippen molar-refractivity contribution in [2.75, 3.05) is 26.1 Å². The summed E-state index contributed by atoms with van der Waals surface area (Å²) in [5.74, 6) is 2.24. The molecule has 1 heterocycles. The maximum absolute atomic E-state index is 7.57. The number of hydrogen-bond donors (Lipinski definition) is 2. The van der Waals surface area contributed by atoms with Crippen LogP contribution < -0.4 is 14.8 Å². The number of hydrogen-bond acceptors (Lipinski definition) is 5. The molecule has 0 saturated heterocycles. The van der Waals surface area contributed by atoms with E-state index in [0.29, 0.717) is 24.6 Å². The lowest BCUT2D eigenvalue weighted by Crippen LogP contribution is -2.09. The predicted molar refractivity (Wildman–Crippen MR) is 130 cm³/mol. The molecular weight excluding hydrogens is 426 g/mol. The van der Waals surface area contributed by atoms with Gasteiger partial charge in [0.25, 0.3) is 0 Å². The monoisotopic (exact) mass is 453 g/mol. The number of aliphatic hydroxyl groups excluding tert-OH is 1. The van der Waals surface area contributed by atoms with Crippen LogP contribution in [-0.2, 0) is 13.1 Å². The van der Waals surface area contributed by atoms with Gasteiger partial charge in [-0.2, -0.15) is 0 Å². The average Bonchev–Trinajstić information content (AvgIpc) is 3.16. The maximum Gasteiger partial charge on any atom is 0.204 e. The summed E-state index contributed by atoms with van der Waals surface area (Å²) in [4.78, 5) is 4.79. The molecule has 0 amide bonds. The molecule has 0 fully saturated rings. The second kappa shape index (κ2) is 11.4. The maximum atomic E-state index is 7.57. The van der Waals surface area contributed by atoms with E-state index in [2.05, 4.69) is 16.0 Å². The van der Waals surface area contributed by atoms with Crippen molar-refractivity contribution in [2.45, 2.75) is 20.0 Å². The number of methoxy groups -OCH3 is 2. The van der Waals surface area contributed by atoms with Crippen LogP contribution in [0.25, 0.3) is 11.0 Å². The van der Waals surface area contributed by atoms with Crippen LogP contribution in [0.5, 0.6) is 11.5 Å². The summed E-state index contributed by atoms with van der Waals surface area (Å²) in [6.07, 6.45) is 0. The van der Waals surface area contributed by atoms with Gasteiger partial charge in [0.15, 0.2) is 11.5 Å². The predicted octanol–water partition coefficient (Wildman–Crippen LogP) is 5.37. The lowest BCUT2D eigenvalue weighted by Gasteiger charge is -2.13. The quantitative estimate of drug-likeness (QED) is 0.394. The first-order chi connectivity index (χ1) is 15.6. The second-order valence-corrected chi connectivity index (χ2v) is 7.43. The fraction of sp³-hybridized carbons (Fsp3) is 0.240. The van der Waals surface area contributed by atoms with E-state index in [0.717, 1.165) is 33.1 Å². The van der Waals surface area contributed by atoms with Gasteiger partial charge in [0.1, 0.15) is 0 Å². The molecule has 7 heteroatoms. The zero-order valence-corrected chi connectivity index (χ0v) is 19.3. The molecule has 0 aliphatic carbocycles. The molecule has 6 nitrogen and oxygen atoms in total. The summed E-state index contributed by atoms with van der Waals surface area (Å²) in [5, 5.41) is 11.8. The van der Waals surface area contributed by atoms with Crippen LogP contribution in [0.4, 0.5) is 5.95 Å². The SMILES string of the molecule is CCO.COc1ccc(CNc2nc3ccccc3n2Cc2ccc(Cl)cc2)cc1OC. The first kappa shape index (κ1) is 23.4. The molecule has 3 aromatic carbocycles. The van der Waals surface area contributed by atoms with Gasteiger partial charge in [-0.15, -0.1) is 0 Å². The van der Waals surface area contributed by atoms with Gasteiger partial charge >= 0.3 is 0 Å². The number of nitrogens with zero attached hydrogens (tertiary/aromatic N) is 2. The summed E-state index contributed by atoms with van der Waals surface area (Å²) in [6, 6.07) is 21.9. The summed E-state index contributed by atoms with van der Waals surface area (Å²) in [5.41, 5.74) is 4.27. The molecule has 4 rings (SSSR count). The Hall–Kier alpha value is -3.22. The summed E-state index contributed by atoms with van der Waals surface area (Å²) in [6.45, 7) is 3.25. The van der Waals surface area contributed by atoms with E-state index in [1.807, 2.05) is 60.7 Å². The number of benzene rings is 3. The van der Waals surface area contributed by atoms with E-state index in [4.69, 9.17) is 31.2 Å². The zero-order valence-electron chi connectivity index (χ0n) is 18.5. The smallest absolute Gasteiger partial charge is 0.204 e. The highest BCUT2D eigenvalue weighted by Gasteiger charge is 2.12. The van der Waals surface area contributed by atoms with E-state index >= 15 is 0 Å². The standard InChI is InChI=1S/C23H22ClN3O2.C2H6O/c1-28-21-12-9-17(13-22(21)29-2)14-25-23-26-19-5-3-4-6-20(19)27(23)15-16-7-10-18(24)11-8-16;1-2-3/h3-13H,14-15H2,1-2H3,(H,25,26);3H,2H2,1H3. The molecule has 4 aromatic rings. The molecule has 0 atom stereocenters. The molecule has 1 aromatic heterocycles. The topological polar surface area (TPSA) is 68.5 Å². The van der Waals surface area contributed by atoms with E-state index in [1.54, 1.807) is 21.1 Å². The number of aromatic nitrogens is 2. The Morgan fingerprint density at radius 2 is 1.59 bits per heavy atom. The van der Waals surface area contributed by atoms with E-state index < -0.39 is 0 Å². The number of fused-ring (bicyclic) bond motifs is 1. The molecule has 32 heavy (non-hydrogen) atoms. The van der Waals surface area contributed by atoms with Crippen molar-refractivity contribution in [1.82, 2.24) is 9.55 Å². The molecule has 2 N–H and O–H groups in total. The van der Waals surface area contributed by atoms with Gasteiger partial charge in [-0.1, -0.05) is 41.9 Å². The molecular formula is C25H28ClN3O3. The van der Waals surface area contributed by atoms with Crippen molar-refractivity contribution in [3.63, 3.8) is 0 Å². The Morgan fingerprint density at radius 3 is 2.28 bits per heavy atom. The van der Waals surface area contributed by atoms with Gasteiger partial charge in [0.05, 0.1) is 31.8 Å². The number of para-hydroxylation sites is 2. The largest absolute Gasteiger partial charge is 0.493 e. The molecule has 0 spiro atoms. The molecule has 0 unspecified atom stereocenters. The van der Waals surface area contributed by atoms with Crippen molar-refractivity contribution >= 4 is 28.6 Å². The Bertz CT molecular complexity index is 1140. The van der Waals surface area contributed by atoms with Gasteiger partial charge in [-0.05, 0) is 54.4 Å². The van der Waals surface area contributed by atoms with Crippen LogP contribution >= 0.6 is 11.6 Å². The number of aliphatic hydroxyl groups is 1. The number of nitrogens with one attached hydrogen (secondary N) is 1. The molecule has 0 aliphatic heterocycles. The van der Waals surface area contributed by atoms with Crippen LogP contribution in [0, 0.1) is 0 Å². The van der Waals surface area contributed by atoms with Crippen molar-refractivity contribution in [1.29, 1.82) is 0 Å². The summed E-state index contributed by atoms with van der Waals surface area (Å²) >= 11 is 6.03. The minimum absolute atomic E-state index is 0.250. The number of halogens is 1. The van der Waals surface area contributed by atoms with Crippen molar-refractivity contribution in [3.8, 4) is 11.5 Å². The minimum atomic E-state index is 0.250. The van der Waals surface area contributed by atoms with Crippen molar-refractivity contribution in [3.05, 3.63) is 82.9 Å². The van der Waals surface area contributed by atoms with Crippen LogP contribution in [0.1, 0.15) is 18.1 Å². The molecule has 0 aliphatic rings. The van der Waals surface area contributed by atoms with Crippen LogP contribution in [0.2, 0.25) is 5.02 Å². The van der Waals surface area contributed by atoms with E-state index in [1.165, 1.54) is 0 Å². The third-order valence-corrected chi connectivity index (χ3v) is 5.06.